The van der Waals surface area contributed by atoms with Crippen LogP contribution in [0.1, 0.15) is 348 Å². The second-order valence-electron chi connectivity index (χ2n) is 25.6. The van der Waals surface area contributed by atoms with Crippen molar-refractivity contribution < 1.29 is 42.1 Å². The first-order valence-corrected chi connectivity index (χ1v) is 37.5. The van der Waals surface area contributed by atoms with Crippen molar-refractivity contribution in [2.75, 3.05) is 47.5 Å². The van der Waals surface area contributed by atoms with Gasteiger partial charge in [-0.15, -0.1) is 0 Å². The Labute approximate surface area is 521 Å². The van der Waals surface area contributed by atoms with Gasteiger partial charge in [0.05, 0.1) is 27.7 Å². The molecule has 0 aromatic carbocycles. The molecule has 0 aromatic heterocycles. The molecule has 0 fully saturated rings. The van der Waals surface area contributed by atoms with E-state index in [9.17, 15) is 19.0 Å². The van der Waals surface area contributed by atoms with Gasteiger partial charge < -0.3 is 18.9 Å². The monoisotopic (exact) mass is 1200 g/mol. The van der Waals surface area contributed by atoms with Crippen LogP contribution in [-0.4, -0.2) is 74.9 Å². The van der Waals surface area contributed by atoms with Gasteiger partial charge in [0.2, 0.25) is 0 Å². The number of carbonyl (C=O) groups excluding carboxylic acids is 2. The van der Waals surface area contributed by atoms with E-state index in [2.05, 4.69) is 74.6 Å². The van der Waals surface area contributed by atoms with E-state index in [1.54, 1.807) is 0 Å². The van der Waals surface area contributed by atoms with Gasteiger partial charge in [-0.3, -0.25) is 18.6 Å². The van der Waals surface area contributed by atoms with Crippen molar-refractivity contribution in [2.24, 2.45) is 0 Å². The molecular weight excluding hydrogens is 1060 g/mol. The molecule has 0 aliphatic heterocycles. The zero-order chi connectivity index (χ0) is 61.2. The van der Waals surface area contributed by atoms with Crippen molar-refractivity contribution in [2.45, 2.75) is 354 Å². The van der Waals surface area contributed by atoms with Gasteiger partial charge in [-0.2, -0.15) is 0 Å². The van der Waals surface area contributed by atoms with Crippen molar-refractivity contribution in [3.05, 3.63) is 60.8 Å². The molecule has 0 heterocycles. The zero-order valence-corrected chi connectivity index (χ0v) is 57.0. The van der Waals surface area contributed by atoms with Crippen LogP contribution < -0.4 is 0 Å². The minimum Gasteiger partial charge on any atom is -0.462 e. The summed E-state index contributed by atoms with van der Waals surface area (Å²) >= 11 is 0. The number of nitrogens with zero attached hydrogens (tertiary/aromatic N) is 1. The molecule has 0 aliphatic rings. The van der Waals surface area contributed by atoms with Gasteiger partial charge in [0, 0.05) is 12.8 Å². The molecule has 0 amide bonds. The Morgan fingerprint density at radius 3 is 1.01 bits per heavy atom. The molecule has 10 heteroatoms. The zero-order valence-electron chi connectivity index (χ0n) is 56.1. The van der Waals surface area contributed by atoms with Crippen LogP contribution in [0.15, 0.2) is 60.8 Å². The Morgan fingerprint density at radius 1 is 0.381 bits per heavy atom. The Kier molecular flexibility index (Phi) is 63.4. The van der Waals surface area contributed by atoms with Crippen molar-refractivity contribution in [3.63, 3.8) is 0 Å². The van der Waals surface area contributed by atoms with E-state index < -0.39 is 26.5 Å². The molecule has 492 valence electrons. The minimum atomic E-state index is -4.39. The van der Waals surface area contributed by atoms with Gasteiger partial charge in [-0.05, 0) is 57.8 Å². The minimum absolute atomic E-state index is 0.0339. The van der Waals surface area contributed by atoms with Gasteiger partial charge in [-0.25, -0.2) is 4.57 Å². The molecule has 0 aromatic rings. The summed E-state index contributed by atoms with van der Waals surface area (Å²) < 4.78 is 34.8. The summed E-state index contributed by atoms with van der Waals surface area (Å²) in [4.78, 5) is 35.9. The molecule has 0 aliphatic carbocycles. The van der Waals surface area contributed by atoms with Gasteiger partial charge >= 0.3 is 19.8 Å². The van der Waals surface area contributed by atoms with Gasteiger partial charge in [0.25, 0.3) is 0 Å². The average Bonchev–Trinajstić information content (AvgIpc) is 3.61. The molecule has 9 nitrogen and oxygen atoms in total. The second-order valence-corrected chi connectivity index (χ2v) is 27.1. The SMILES string of the molecule is CC/C=C\C/C=C\C/C=C\C/C=C\C/C=C\CCCCCCCCCCCCCCCCCCCCCC(=O)OC(COC(=O)CCCCCCCCCCCCCCCCCCCCCCCCCCC)COP(=O)(O)OCC[N+](C)(C)C. The fourth-order valence-electron chi connectivity index (χ4n) is 10.6. The predicted octanol–water partition coefficient (Wildman–Crippen LogP) is 23.4. The molecule has 84 heavy (non-hydrogen) atoms. The first-order valence-electron chi connectivity index (χ1n) is 36.0. The number of rotatable bonds is 67. The number of phosphoric acid groups is 1. The topological polar surface area (TPSA) is 108 Å². The van der Waals surface area contributed by atoms with E-state index in [0.717, 1.165) is 64.2 Å². The van der Waals surface area contributed by atoms with Crippen LogP contribution in [0, 0.1) is 0 Å². The van der Waals surface area contributed by atoms with Crippen molar-refractivity contribution in [1.29, 1.82) is 0 Å². The van der Waals surface area contributed by atoms with Crippen LogP contribution in [0.25, 0.3) is 0 Å². The molecule has 2 atom stereocenters. The Morgan fingerprint density at radius 2 is 0.679 bits per heavy atom. The lowest BCUT2D eigenvalue weighted by atomic mass is 10.0. The molecule has 1 N–H and O–H groups in total. The highest BCUT2D eigenvalue weighted by molar-refractivity contribution is 7.47. The Balaban J connectivity index is 3.98. The molecule has 0 bridgehead atoms. The number of phosphoric ester groups is 1. The maximum absolute atomic E-state index is 12.9. The third-order valence-corrected chi connectivity index (χ3v) is 17.0. The summed E-state index contributed by atoms with van der Waals surface area (Å²) in [6.45, 7) is 4.39. The number of ether oxygens (including phenoxy) is 2. The van der Waals surface area contributed by atoms with Crippen molar-refractivity contribution in [3.8, 4) is 0 Å². The number of hydrogen-bond acceptors (Lipinski definition) is 7. The second kappa shape index (κ2) is 65.2. The smallest absolute Gasteiger partial charge is 0.462 e. The normalized spacial score (nSPS) is 13.5. The number of allylic oxidation sites excluding steroid dienone is 10. The first-order chi connectivity index (χ1) is 41.0. The van der Waals surface area contributed by atoms with Gasteiger partial charge in [0.1, 0.15) is 19.8 Å². The molecule has 0 saturated heterocycles. The van der Waals surface area contributed by atoms with Crippen LogP contribution in [0.3, 0.4) is 0 Å². The molecule has 0 rings (SSSR count). The molecular formula is C74H139NO8P+. The summed E-state index contributed by atoms with van der Waals surface area (Å²) in [6, 6.07) is 0. The summed E-state index contributed by atoms with van der Waals surface area (Å²) in [5.41, 5.74) is 0. The van der Waals surface area contributed by atoms with Gasteiger partial charge in [0.15, 0.2) is 6.10 Å². The summed E-state index contributed by atoms with van der Waals surface area (Å²) in [5, 5.41) is 0. The van der Waals surface area contributed by atoms with E-state index >= 15 is 0 Å². The molecule has 2 unspecified atom stereocenters. The number of carbonyl (C=O) groups is 2. The standard InChI is InChI=1S/C74H138NO8P/c1-6-8-10-12-14-16-18-20-22-24-26-28-30-32-33-34-35-36-37-38-39-40-41-43-45-47-49-51-53-55-57-59-61-63-65-67-74(77)83-72(71-82-84(78,79)81-69-68-75(3,4)5)70-80-73(76)66-64-62-60-58-56-54-52-50-48-46-44-42-31-29-27-25-23-21-19-17-15-13-11-9-7-2/h8,10,14,16,20,22,26,28,32-33,72H,6-7,9,11-13,15,17-19,21,23-25,27,29-31,34-71H2,1-5H3/p+1/b10-8-,16-14-,22-20-,28-26-,33-32-. The van der Waals surface area contributed by atoms with Crippen LogP contribution in [0.5, 0.6) is 0 Å². The summed E-state index contributed by atoms with van der Waals surface area (Å²) in [6.07, 6.45) is 86.2. The fourth-order valence-corrected chi connectivity index (χ4v) is 11.3. The first kappa shape index (κ1) is 81.7. The number of hydrogen-bond donors (Lipinski definition) is 1. The highest BCUT2D eigenvalue weighted by Gasteiger charge is 2.27. The number of esters is 2. The number of quaternary nitrogens is 1. The highest BCUT2D eigenvalue weighted by atomic mass is 31.2. The van der Waals surface area contributed by atoms with Crippen molar-refractivity contribution >= 4 is 19.8 Å². The highest BCUT2D eigenvalue weighted by Crippen LogP contribution is 2.43. The maximum atomic E-state index is 12.9. The lowest BCUT2D eigenvalue weighted by Gasteiger charge is -2.24. The summed E-state index contributed by atoms with van der Waals surface area (Å²) in [5.74, 6) is -0.776. The maximum Gasteiger partial charge on any atom is 0.472 e. The fraction of sp³-hybridized carbons (Fsp3) is 0.838. The van der Waals surface area contributed by atoms with E-state index in [4.69, 9.17) is 18.5 Å². The van der Waals surface area contributed by atoms with E-state index in [-0.39, 0.29) is 25.6 Å². The van der Waals surface area contributed by atoms with Crippen LogP contribution >= 0.6 is 7.82 Å². The number of likely N-dealkylation sites (N-methyl/N-ethyl adjacent to an activating group) is 1. The van der Waals surface area contributed by atoms with E-state index in [0.29, 0.717) is 23.9 Å². The third kappa shape index (κ3) is 68.8. The van der Waals surface area contributed by atoms with Crippen LogP contribution in [0.2, 0.25) is 0 Å². The lowest BCUT2D eigenvalue weighted by molar-refractivity contribution is -0.870. The predicted molar refractivity (Wildman–Crippen MR) is 363 cm³/mol. The molecule has 0 radical (unpaired) electrons. The van der Waals surface area contributed by atoms with Crippen LogP contribution in [-0.2, 0) is 32.7 Å². The quantitative estimate of drug-likeness (QED) is 0.0211. The van der Waals surface area contributed by atoms with Gasteiger partial charge in [-0.1, -0.05) is 338 Å². The Hall–Kier alpha value is -2.29. The van der Waals surface area contributed by atoms with Crippen molar-refractivity contribution in [1.82, 2.24) is 0 Å². The third-order valence-electron chi connectivity index (χ3n) is 16.1. The van der Waals surface area contributed by atoms with E-state index in [1.807, 2.05) is 21.1 Å². The Bertz CT molecular complexity index is 1600. The number of unbranched alkanes of at least 4 members (excludes halogenated alkanes) is 43. The summed E-state index contributed by atoms with van der Waals surface area (Å²) in [7, 11) is 1.49. The van der Waals surface area contributed by atoms with Crippen LogP contribution in [0.4, 0.5) is 0 Å². The lowest BCUT2D eigenvalue weighted by Crippen LogP contribution is -2.37. The molecule has 0 saturated carbocycles. The largest absolute Gasteiger partial charge is 0.472 e. The van der Waals surface area contributed by atoms with E-state index in [1.165, 1.54) is 250 Å². The average molecular weight is 1200 g/mol. The molecule has 0 spiro atoms.